The second-order valence-electron chi connectivity index (χ2n) is 7.13. The van der Waals surface area contributed by atoms with E-state index in [1.807, 2.05) is 0 Å². The van der Waals surface area contributed by atoms with Crippen molar-refractivity contribution in [2.45, 2.75) is 19.6 Å². The number of benzene rings is 2. The fraction of sp³-hybridized carbons (Fsp3) is 0.174. The van der Waals surface area contributed by atoms with Crippen molar-refractivity contribution in [2.75, 3.05) is 12.3 Å². The van der Waals surface area contributed by atoms with E-state index in [4.69, 9.17) is 33.4 Å². The molecule has 0 spiro atoms. The average molecular weight is 474 g/mol. The number of nitrogens with two attached hydrogens (primary N) is 2. The SMILES string of the molecule is CCOC(C(=O)N(Cl)Cc1ccc(C(=N)N)cc1)c1c(F)cc(-c2ccc(N)nc2)cc1F. The summed E-state index contributed by atoms with van der Waals surface area (Å²) in [7, 11) is 0. The highest BCUT2D eigenvalue weighted by atomic mass is 35.5. The van der Waals surface area contributed by atoms with Gasteiger partial charge in [-0.2, -0.15) is 0 Å². The Morgan fingerprint density at radius 2 is 1.79 bits per heavy atom. The lowest BCUT2D eigenvalue weighted by atomic mass is 10.0. The molecule has 172 valence electrons. The summed E-state index contributed by atoms with van der Waals surface area (Å²) in [4.78, 5) is 16.9. The Kier molecular flexibility index (Phi) is 7.57. The molecule has 5 N–H and O–H groups in total. The molecule has 2 aromatic carbocycles. The summed E-state index contributed by atoms with van der Waals surface area (Å²) in [5.41, 5.74) is 12.3. The maximum atomic E-state index is 15.0. The molecule has 0 bridgehead atoms. The molecule has 0 aliphatic rings. The minimum absolute atomic E-state index is 0.0248. The van der Waals surface area contributed by atoms with Crippen molar-refractivity contribution >= 4 is 29.3 Å². The van der Waals surface area contributed by atoms with Gasteiger partial charge in [-0.05, 0) is 42.3 Å². The van der Waals surface area contributed by atoms with Crippen LogP contribution >= 0.6 is 11.8 Å². The molecule has 0 aliphatic carbocycles. The second kappa shape index (κ2) is 10.4. The van der Waals surface area contributed by atoms with Crippen LogP contribution in [0.5, 0.6) is 0 Å². The number of carbonyl (C=O) groups excluding carboxylic acids is 1. The van der Waals surface area contributed by atoms with Crippen LogP contribution in [-0.4, -0.2) is 27.8 Å². The van der Waals surface area contributed by atoms with Gasteiger partial charge in [-0.3, -0.25) is 10.2 Å². The van der Waals surface area contributed by atoms with Crippen molar-refractivity contribution in [3.63, 3.8) is 0 Å². The zero-order valence-electron chi connectivity index (χ0n) is 17.7. The summed E-state index contributed by atoms with van der Waals surface area (Å²) in [5.74, 6) is -2.56. The molecule has 0 saturated carbocycles. The molecule has 1 heterocycles. The Hall–Kier alpha value is -3.56. The van der Waals surface area contributed by atoms with Crippen LogP contribution in [0.15, 0.2) is 54.7 Å². The largest absolute Gasteiger partial charge is 0.384 e. The predicted octanol–water partition coefficient (Wildman–Crippen LogP) is 4.15. The molecular formula is C23H22ClF2N5O2. The lowest BCUT2D eigenvalue weighted by molar-refractivity contribution is -0.139. The van der Waals surface area contributed by atoms with Crippen molar-refractivity contribution in [3.8, 4) is 11.1 Å². The Bertz CT molecular complexity index is 1130. The number of nitrogens with zero attached hydrogens (tertiary/aromatic N) is 2. The van der Waals surface area contributed by atoms with Gasteiger partial charge in [0.15, 0.2) is 6.10 Å². The van der Waals surface area contributed by atoms with Gasteiger partial charge in [-0.25, -0.2) is 18.2 Å². The Morgan fingerprint density at radius 3 is 2.30 bits per heavy atom. The van der Waals surface area contributed by atoms with Gasteiger partial charge in [0.1, 0.15) is 23.3 Å². The van der Waals surface area contributed by atoms with E-state index in [0.29, 0.717) is 16.7 Å². The molecule has 0 saturated heterocycles. The number of nitrogen functional groups attached to an aromatic ring is 2. The van der Waals surface area contributed by atoms with Crippen LogP contribution in [0.4, 0.5) is 14.6 Å². The van der Waals surface area contributed by atoms with Crippen molar-refractivity contribution in [3.05, 3.63) is 83.1 Å². The van der Waals surface area contributed by atoms with E-state index in [9.17, 15) is 4.79 Å². The van der Waals surface area contributed by atoms with Crippen molar-refractivity contribution in [1.82, 2.24) is 9.40 Å². The minimum Gasteiger partial charge on any atom is -0.384 e. The number of ether oxygens (including phenoxy) is 1. The first-order valence-electron chi connectivity index (χ1n) is 9.94. The summed E-state index contributed by atoms with van der Waals surface area (Å²) in [6.07, 6.45) is -0.186. The van der Waals surface area contributed by atoms with Crippen LogP contribution in [0.2, 0.25) is 0 Å². The van der Waals surface area contributed by atoms with Gasteiger partial charge in [0.05, 0.1) is 12.1 Å². The number of hydrogen-bond donors (Lipinski definition) is 3. The zero-order valence-corrected chi connectivity index (χ0v) is 18.4. The van der Waals surface area contributed by atoms with E-state index < -0.39 is 29.2 Å². The fourth-order valence-electron chi connectivity index (χ4n) is 3.18. The van der Waals surface area contributed by atoms with Crippen LogP contribution in [0.25, 0.3) is 11.1 Å². The van der Waals surface area contributed by atoms with Gasteiger partial charge in [-0.1, -0.05) is 24.3 Å². The van der Waals surface area contributed by atoms with Crippen molar-refractivity contribution in [2.24, 2.45) is 5.73 Å². The van der Waals surface area contributed by atoms with Gasteiger partial charge >= 0.3 is 0 Å². The van der Waals surface area contributed by atoms with Gasteiger partial charge < -0.3 is 16.2 Å². The predicted molar refractivity (Wildman–Crippen MR) is 122 cm³/mol. The maximum Gasteiger partial charge on any atom is 0.271 e. The summed E-state index contributed by atoms with van der Waals surface area (Å²) < 4.78 is 36.2. The van der Waals surface area contributed by atoms with Crippen LogP contribution in [0, 0.1) is 17.0 Å². The number of aromatic nitrogens is 1. The molecular weight excluding hydrogens is 452 g/mol. The summed E-state index contributed by atoms with van der Waals surface area (Å²) >= 11 is 6.17. The highest BCUT2D eigenvalue weighted by Crippen LogP contribution is 2.31. The molecule has 1 atom stereocenters. The van der Waals surface area contributed by atoms with Crippen molar-refractivity contribution in [1.29, 1.82) is 5.41 Å². The Balaban J connectivity index is 1.87. The number of pyridine rings is 1. The molecule has 0 radical (unpaired) electrons. The topological polar surface area (TPSA) is 118 Å². The number of rotatable bonds is 8. The van der Waals surface area contributed by atoms with E-state index >= 15 is 8.78 Å². The summed E-state index contributed by atoms with van der Waals surface area (Å²) in [5, 5.41) is 7.42. The Labute approximate surface area is 194 Å². The molecule has 10 heteroatoms. The number of amides is 1. The quantitative estimate of drug-likeness (QED) is 0.258. The number of anilines is 1. The molecule has 0 aliphatic heterocycles. The number of hydrogen-bond acceptors (Lipinski definition) is 5. The van der Waals surface area contributed by atoms with Gasteiger partial charge in [0.25, 0.3) is 5.91 Å². The molecule has 3 aromatic rings. The van der Waals surface area contributed by atoms with Crippen LogP contribution in [0.3, 0.4) is 0 Å². The van der Waals surface area contributed by atoms with E-state index in [1.165, 1.54) is 12.3 Å². The molecule has 33 heavy (non-hydrogen) atoms. The first-order valence-corrected chi connectivity index (χ1v) is 10.3. The third-order valence-corrected chi connectivity index (χ3v) is 5.13. The molecule has 3 rings (SSSR count). The normalized spacial score (nSPS) is 11.8. The summed E-state index contributed by atoms with van der Waals surface area (Å²) in [6, 6.07) is 11.8. The monoisotopic (exact) mass is 473 g/mol. The number of carbonyl (C=O) groups is 1. The molecule has 0 fully saturated rings. The van der Waals surface area contributed by atoms with E-state index in [2.05, 4.69) is 4.98 Å². The number of nitrogens with one attached hydrogen (secondary N) is 1. The highest BCUT2D eigenvalue weighted by Gasteiger charge is 2.31. The van der Waals surface area contributed by atoms with Crippen LogP contribution in [-0.2, 0) is 16.1 Å². The lowest BCUT2D eigenvalue weighted by Crippen LogP contribution is -2.30. The number of amidine groups is 1. The van der Waals surface area contributed by atoms with Crippen molar-refractivity contribution < 1.29 is 18.3 Å². The van der Waals surface area contributed by atoms with Gasteiger partial charge in [0, 0.05) is 35.7 Å². The fourth-order valence-corrected chi connectivity index (χ4v) is 3.40. The zero-order chi connectivity index (χ0) is 24.1. The van der Waals surface area contributed by atoms with Crippen LogP contribution < -0.4 is 11.5 Å². The Morgan fingerprint density at radius 1 is 1.15 bits per heavy atom. The van der Waals surface area contributed by atoms with E-state index in [0.717, 1.165) is 16.6 Å². The maximum absolute atomic E-state index is 15.0. The van der Waals surface area contributed by atoms with Crippen LogP contribution in [0.1, 0.15) is 29.7 Å². The minimum atomic E-state index is -1.58. The molecule has 7 nitrogen and oxygen atoms in total. The summed E-state index contributed by atoms with van der Waals surface area (Å²) in [6.45, 7) is 1.57. The first kappa shape index (κ1) is 24.1. The third-order valence-electron chi connectivity index (χ3n) is 4.84. The highest BCUT2D eigenvalue weighted by molar-refractivity contribution is 6.21. The first-order chi connectivity index (χ1) is 15.7. The van der Waals surface area contributed by atoms with Gasteiger partial charge in [0.2, 0.25) is 0 Å². The van der Waals surface area contributed by atoms with E-state index in [1.54, 1.807) is 37.3 Å². The second-order valence-corrected chi connectivity index (χ2v) is 7.54. The number of halogens is 3. The smallest absolute Gasteiger partial charge is 0.271 e. The standard InChI is InChI=1S/C23H22ClF2N5O2/c1-2-33-21(23(32)31(24)12-13-3-5-14(6-4-13)22(28)29)20-17(25)9-16(10-18(20)26)15-7-8-19(27)30-11-15/h3-11,21H,2,12H2,1H3,(H2,27,30)(H3,28,29). The molecule has 1 unspecified atom stereocenters. The molecule has 1 aromatic heterocycles. The lowest BCUT2D eigenvalue weighted by Gasteiger charge is -2.23. The molecule has 1 amide bonds. The average Bonchev–Trinajstić information content (AvgIpc) is 2.78. The van der Waals surface area contributed by atoms with E-state index in [-0.39, 0.29) is 30.4 Å². The third kappa shape index (κ3) is 5.63. The van der Waals surface area contributed by atoms with Gasteiger partial charge in [-0.15, -0.1) is 0 Å².